The fourth-order valence-corrected chi connectivity index (χ4v) is 20.1. The topological polar surface area (TPSA) is 537 Å². The third-order valence-electron chi connectivity index (χ3n) is 23.4. The quantitative estimate of drug-likeness (QED) is 0.0178. The molecular weight excluding hydrogens is 1670 g/mol. The number of rotatable bonds is 35. The smallest absolute Gasteiger partial charge is 0.410 e. The highest BCUT2D eigenvalue weighted by Crippen LogP contribution is 2.72. The second-order valence-electron chi connectivity index (χ2n) is 33.8. The molecule has 6 fully saturated rings. The van der Waals surface area contributed by atoms with Crippen LogP contribution in [0.2, 0.25) is 0 Å². The van der Waals surface area contributed by atoms with Crippen LogP contribution in [0.3, 0.4) is 0 Å². The maximum Gasteiger partial charge on any atom is 0.410 e. The van der Waals surface area contributed by atoms with Gasteiger partial charge in [0.2, 0.25) is 35.4 Å². The molecule has 0 spiro atoms. The number of carboxylic acid groups (broad SMARTS) is 2. The third-order valence-corrected chi connectivity index (χ3v) is 25.1. The number of aromatic nitrogens is 4. The van der Waals surface area contributed by atoms with Crippen LogP contribution in [0.1, 0.15) is 155 Å². The number of aryl methyl sites for hydroxylation is 1. The summed E-state index contributed by atoms with van der Waals surface area (Å²) in [5, 5.41) is 71.8. The second kappa shape index (κ2) is 41.2. The molecule has 6 heterocycles. The molecule has 11 atom stereocenters. The number of nitrogens with zero attached hydrogens (tertiary/aromatic N) is 7. The fraction of sp³-hybridized carbons (Fsp3) is 0.548. The predicted octanol–water partition coefficient (Wildman–Crippen LogP) is 5.27. The first-order valence-electron chi connectivity index (χ1n) is 40.8. The number of amides is 8. The van der Waals surface area contributed by atoms with Gasteiger partial charge in [0.1, 0.15) is 48.9 Å². The van der Waals surface area contributed by atoms with Gasteiger partial charge in [-0.25, -0.2) is 24.4 Å². The number of thioether (sulfide) groups is 1. The molecule has 40 heteroatoms. The average molecular weight is 1780 g/mol. The molecule has 3 aromatic heterocycles. The molecule has 13 rings (SSSR count). The standard InChI is InChI=1S/C81H103N13O22S2.C2H6S.CO2/c1-8-62(96)86-57-31-51(36-113-28-29-118(110,111)112)93(73(57)104)34-63(97)89-64(44(2)3)72(103)84-45(4)70(101)85-50-18-16-49(48(30-50)17-20-58-66(98)67(99)68(100)69(116-58)75(107)108)35-114-77(109)91(25-23-60(82)95)26-27-115-81-40-78(6)37-79(7,41-81)39-80(38-78,42-81)43-94-46(5)54(32-83-94)52-19-21-61(88-65(52)74(105)106)92-24-22-47-12-11-13-53(55(47)33-92)71(102)90-76-87-56-14-9-10-15-59(56)117-76;1-3-2;2-1-3/h9-16,18-19,21,30,32,44-45,51,57-58,64,66-69,98-100H,8,17,20,22-29,31,33-43H2,1-7H3,(H2,82,95)(H,84,103)(H,85,101)(H,86,96)(H,89,97)(H,105,106)(H,107,108)(H,87,90,102)(H,110,111,112);1-2H3;/t45-,51-,57-,58-,64-,66-,67+,68-,69-,78?,79?,80?,81?;;/m0../s1. The lowest BCUT2D eigenvalue weighted by atomic mass is 9.39. The number of para-hydroxylation sites is 1. The van der Waals surface area contributed by atoms with Gasteiger partial charge in [0.15, 0.2) is 16.9 Å². The molecule has 2 saturated heterocycles. The Kier molecular flexibility index (Phi) is 31.8. The molecule has 13 N–H and O–H groups in total. The summed E-state index contributed by atoms with van der Waals surface area (Å²) in [6.45, 7) is 12.2. The van der Waals surface area contributed by atoms with Crippen molar-refractivity contribution in [1.82, 2.24) is 45.5 Å². The van der Waals surface area contributed by atoms with Crippen LogP contribution in [-0.4, -0.2) is 258 Å². The summed E-state index contributed by atoms with van der Waals surface area (Å²) in [6, 6.07) is 17.0. The summed E-state index contributed by atoms with van der Waals surface area (Å²) in [7, 11) is -4.38. The number of carbonyl (C=O) groups is 10. The molecule has 8 amide bonds. The van der Waals surface area contributed by atoms with E-state index >= 15 is 0 Å². The van der Waals surface area contributed by atoms with Crippen LogP contribution >= 0.6 is 23.1 Å². The average Bonchev–Trinajstić information content (AvgIpc) is 0.954. The lowest BCUT2D eigenvalue weighted by Crippen LogP contribution is -2.64. The number of carboxylic acids is 2. The third kappa shape index (κ3) is 23.8. The largest absolute Gasteiger partial charge is 0.479 e. The number of aliphatic carboxylic acids is 1. The molecule has 7 aliphatic rings. The van der Waals surface area contributed by atoms with Crippen LogP contribution in [0.5, 0.6) is 0 Å². The van der Waals surface area contributed by atoms with Gasteiger partial charge in [-0.15, -0.1) is 0 Å². The Morgan fingerprint density at radius 1 is 0.831 bits per heavy atom. The minimum absolute atomic E-state index is 0.00136. The first kappa shape index (κ1) is 95.8. The Morgan fingerprint density at radius 3 is 2.20 bits per heavy atom. The summed E-state index contributed by atoms with van der Waals surface area (Å²) in [5.74, 6) is -8.07. The van der Waals surface area contributed by atoms with Gasteiger partial charge in [-0.3, -0.25) is 48.1 Å². The number of fused-ring (bicyclic) bond motifs is 2. The van der Waals surface area contributed by atoms with E-state index in [1.807, 2.05) is 71.5 Å². The number of benzene rings is 3. The maximum absolute atomic E-state index is 14.4. The van der Waals surface area contributed by atoms with Crippen molar-refractivity contribution in [3.8, 4) is 11.1 Å². The number of hydrogen-bond donors (Lipinski definition) is 12. The number of carbonyl (C=O) groups excluding carboxylic acids is 10. The van der Waals surface area contributed by atoms with Gasteiger partial charge in [0.25, 0.3) is 16.0 Å². The number of aliphatic hydroxyl groups excluding tert-OH is 3. The van der Waals surface area contributed by atoms with Crippen LogP contribution in [0.4, 0.5) is 21.4 Å². The van der Waals surface area contributed by atoms with Gasteiger partial charge >= 0.3 is 24.2 Å². The summed E-state index contributed by atoms with van der Waals surface area (Å²) < 4.78 is 58.8. The first-order valence-corrected chi connectivity index (χ1v) is 44.8. The lowest BCUT2D eigenvalue weighted by molar-refractivity contribution is -0.248. The second-order valence-corrected chi connectivity index (χ2v) is 37.2. The van der Waals surface area contributed by atoms with E-state index in [2.05, 4.69) is 45.4 Å². The van der Waals surface area contributed by atoms with E-state index in [0.29, 0.717) is 71.2 Å². The SMILES string of the molecule is CCC(=O)N[C@H]1C[C@@H](COCCS(=O)(=O)O)N(CC(=O)N[C@H](C(=O)N[C@@H](C)C(=O)Nc2ccc(COC(=O)N(CCOC34CC5(C)CC(C)(CC(Cn6ncc(-c7ccc(N8CCc9cccc(C(=O)Nc%10nc%11ccccc%11s%10)c9C8)nc7C(=O)O)c6C)(C5)C3)C4)CCC(N)=O)c(CC[C@@H]3O[C@H](C(=O)O)[C@@H](O)[C@H](O)[C@H]3O)c2)C(C)C)C1=O.CSC.O=C=O. The molecule has 37 nitrogen and oxygen atoms in total. The summed E-state index contributed by atoms with van der Waals surface area (Å²) >= 11 is 3.14. The Hall–Kier alpha value is -10.4. The normalized spacial score (nSPS) is 24.0. The van der Waals surface area contributed by atoms with Crippen molar-refractivity contribution in [1.29, 1.82) is 0 Å². The zero-order chi connectivity index (χ0) is 90.5. The summed E-state index contributed by atoms with van der Waals surface area (Å²) in [5.41, 5.74) is 9.99. The van der Waals surface area contributed by atoms with Gasteiger partial charge < -0.3 is 86.2 Å². The van der Waals surface area contributed by atoms with Crippen LogP contribution < -0.4 is 37.2 Å². The van der Waals surface area contributed by atoms with Gasteiger partial charge in [0, 0.05) is 73.6 Å². The van der Waals surface area contributed by atoms with Gasteiger partial charge in [-0.2, -0.15) is 34.9 Å². The van der Waals surface area contributed by atoms with Crippen molar-refractivity contribution in [3.63, 3.8) is 0 Å². The lowest BCUT2D eigenvalue weighted by Gasteiger charge is -2.69. The Morgan fingerprint density at radius 2 is 1.54 bits per heavy atom. The van der Waals surface area contributed by atoms with E-state index in [1.165, 1.54) is 41.4 Å². The van der Waals surface area contributed by atoms with Gasteiger partial charge in [-0.1, -0.05) is 76.3 Å². The van der Waals surface area contributed by atoms with Crippen LogP contribution in [0.25, 0.3) is 21.3 Å². The predicted molar refractivity (Wildman–Crippen MR) is 453 cm³/mol. The number of anilines is 3. The van der Waals surface area contributed by atoms with Crippen LogP contribution in [-0.2, 0) is 105 Å². The van der Waals surface area contributed by atoms with E-state index in [0.717, 1.165) is 64.0 Å². The molecule has 2 unspecified atom stereocenters. The van der Waals surface area contributed by atoms with Crippen molar-refractivity contribution in [2.45, 2.75) is 206 Å². The van der Waals surface area contributed by atoms with Crippen molar-refractivity contribution < 1.29 is 115 Å². The number of aliphatic hydroxyl groups is 3. The van der Waals surface area contributed by atoms with E-state index in [1.54, 1.807) is 50.9 Å². The zero-order valence-corrected chi connectivity index (χ0v) is 73.0. The minimum atomic E-state index is -4.38. The molecule has 4 aliphatic carbocycles. The molecule has 4 bridgehead atoms. The molecule has 6 aromatic rings. The molecule has 672 valence electrons. The number of pyridine rings is 1. The highest BCUT2D eigenvalue weighted by atomic mass is 32.2. The number of nitrogens with one attached hydrogen (secondary N) is 5. The molecule has 3 aliphatic heterocycles. The number of primary amides is 1. The number of thiazole rings is 1. The molecule has 3 aromatic carbocycles. The van der Waals surface area contributed by atoms with E-state index < -0.39 is 155 Å². The first-order chi connectivity index (χ1) is 58.6. The van der Waals surface area contributed by atoms with E-state index in [-0.39, 0.29) is 98.1 Å². The van der Waals surface area contributed by atoms with Gasteiger partial charge in [0.05, 0.1) is 66.3 Å². The summed E-state index contributed by atoms with van der Waals surface area (Å²) in [6.07, 6.45) is 1.26. The monoisotopic (exact) mass is 1780 g/mol. The number of hydrogen-bond acceptors (Lipinski definition) is 27. The fourth-order valence-electron chi connectivity index (χ4n) is 18.9. The maximum atomic E-state index is 14.4. The zero-order valence-electron chi connectivity index (χ0n) is 70.5. The molecule has 4 saturated carbocycles. The van der Waals surface area contributed by atoms with Crippen LogP contribution in [0, 0.1) is 29.1 Å². The number of likely N-dealkylation sites (tertiary alicyclic amines) is 1. The highest BCUT2D eigenvalue weighted by Gasteiger charge is 2.66. The minimum Gasteiger partial charge on any atom is -0.479 e. The number of nitrogens with two attached hydrogens (primary N) is 1. The number of aromatic carboxylic acids is 1. The summed E-state index contributed by atoms with van der Waals surface area (Å²) in [4.78, 5) is 164. The molecular formula is C84H109N13O24S3. The Balaban J connectivity index is 0.00000260. The van der Waals surface area contributed by atoms with Crippen LogP contribution in [0.15, 0.2) is 79.0 Å². The Bertz CT molecular complexity index is 5050. The number of ether oxygens (including phenoxy) is 4. The van der Waals surface area contributed by atoms with Crippen molar-refractivity contribution >= 4 is 126 Å². The Labute approximate surface area is 724 Å². The highest BCUT2D eigenvalue weighted by molar-refractivity contribution is 7.97. The van der Waals surface area contributed by atoms with E-state index in [9.17, 15) is 81.9 Å². The molecule has 0 radical (unpaired) electrons. The van der Waals surface area contributed by atoms with Crippen molar-refractivity contribution in [2.24, 2.45) is 27.9 Å². The van der Waals surface area contributed by atoms with Gasteiger partial charge in [-0.05, 0) is 177 Å². The van der Waals surface area contributed by atoms with E-state index in [4.69, 9.17) is 48.9 Å². The molecule has 124 heavy (non-hydrogen) atoms. The van der Waals surface area contributed by atoms with Crippen molar-refractivity contribution in [3.05, 3.63) is 118 Å². The van der Waals surface area contributed by atoms with Crippen molar-refractivity contribution in [2.75, 3.05) is 79.8 Å².